The first-order valence-electron chi connectivity index (χ1n) is 12.4. The van der Waals surface area contributed by atoms with E-state index < -0.39 is 17.6 Å². The summed E-state index contributed by atoms with van der Waals surface area (Å²) >= 11 is 0. The van der Waals surface area contributed by atoms with Gasteiger partial charge in [0, 0.05) is 30.4 Å². The third-order valence-electron chi connectivity index (χ3n) is 6.18. The predicted molar refractivity (Wildman–Crippen MR) is 134 cm³/mol. The number of likely N-dealkylation sites (tertiary alicyclic amines) is 1. The predicted octanol–water partition coefficient (Wildman–Crippen LogP) is 2.32. The number of aromatic nitrogens is 2. The summed E-state index contributed by atoms with van der Waals surface area (Å²) in [7, 11) is 0. The van der Waals surface area contributed by atoms with Crippen molar-refractivity contribution in [2.24, 2.45) is 0 Å². The van der Waals surface area contributed by atoms with Crippen molar-refractivity contribution in [3.8, 4) is 17.5 Å². The van der Waals surface area contributed by atoms with Crippen molar-refractivity contribution >= 4 is 18.2 Å². The van der Waals surface area contributed by atoms with Gasteiger partial charge in [-0.2, -0.15) is 5.26 Å². The fourth-order valence-electron chi connectivity index (χ4n) is 4.39. The molecule has 4 N–H and O–H groups in total. The van der Waals surface area contributed by atoms with Gasteiger partial charge >= 0.3 is 17.9 Å². The van der Waals surface area contributed by atoms with Crippen molar-refractivity contribution in [1.29, 1.82) is 10.7 Å². The Morgan fingerprint density at radius 3 is 2.81 bits per heavy atom. The Labute approximate surface area is 215 Å². The SMILES string of the molecule is CC(C)(C)OC(=O)N1CC(NC(=O)c2nnc(-c3cc(C#N)ccc3C3CC3)o2)C[C@H]1C[NH2+]/C=C\C=N. The second-order valence-electron chi connectivity index (χ2n) is 10.3. The van der Waals surface area contributed by atoms with Gasteiger partial charge in [-0.3, -0.25) is 9.69 Å². The third kappa shape index (κ3) is 6.59. The highest BCUT2D eigenvalue weighted by atomic mass is 16.6. The van der Waals surface area contributed by atoms with Crippen molar-refractivity contribution in [1.82, 2.24) is 20.4 Å². The Morgan fingerprint density at radius 2 is 2.14 bits per heavy atom. The smallest absolute Gasteiger partial charge is 0.410 e. The molecular weight excluding hydrogens is 474 g/mol. The van der Waals surface area contributed by atoms with Crippen molar-refractivity contribution in [3.05, 3.63) is 47.5 Å². The fraction of sp³-hybridized carbons (Fsp3) is 0.462. The number of amides is 2. The lowest BCUT2D eigenvalue weighted by Crippen LogP contribution is -2.81. The largest absolute Gasteiger partial charge is 0.444 e. The normalized spacial score (nSPS) is 19.6. The number of carbonyl (C=O) groups is 2. The van der Waals surface area contributed by atoms with Gasteiger partial charge in [-0.15, -0.1) is 10.2 Å². The molecule has 2 aromatic rings. The van der Waals surface area contributed by atoms with E-state index in [4.69, 9.17) is 14.6 Å². The number of nitrogens with zero attached hydrogens (tertiary/aromatic N) is 4. The van der Waals surface area contributed by atoms with E-state index in [1.807, 2.05) is 32.2 Å². The molecule has 1 saturated carbocycles. The van der Waals surface area contributed by atoms with Gasteiger partial charge < -0.3 is 25.2 Å². The van der Waals surface area contributed by atoms with Gasteiger partial charge in [0.15, 0.2) is 0 Å². The van der Waals surface area contributed by atoms with Crippen molar-refractivity contribution in [2.75, 3.05) is 13.1 Å². The molecule has 1 aromatic carbocycles. The molecule has 194 valence electrons. The molecule has 1 aliphatic heterocycles. The standard InChI is InChI=1S/C26H31N7O4/c1-26(2,3)37-25(35)33-15-18(12-19(33)14-29-10-4-9-27)30-22(34)24-32-31-23(36-24)21-11-16(13-28)5-8-20(21)17-6-7-17/h4-5,8-11,17-19,27,29H,6-7,12,14-15H2,1-3H3,(H,30,34)/p+1/b10-4-,27-9?/t18?,19-/m0/s1. The first-order valence-corrected chi connectivity index (χ1v) is 12.4. The van der Waals surface area contributed by atoms with Crippen molar-refractivity contribution in [2.45, 2.75) is 63.6 Å². The van der Waals surface area contributed by atoms with E-state index in [1.165, 1.54) is 6.21 Å². The van der Waals surface area contributed by atoms with Gasteiger partial charge in [-0.05, 0) is 63.6 Å². The van der Waals surface area contributed by atoms with E-state index in [2.05, 4.69) is 21.6 Å². The van der Waals surface area contributed by atoms with E-state index in [9.17, 15) is 14.9 Å². The number of carbonyl (C=O) groups excluding carboxylic acids is 2. The number of nitriles is 1. The number of ether oxygens (including phenoxy) is 1. The number of quaternary nitrogens is 1. The quantitative estimate of drug-likeness (QED) is 0.463. The molecule has 37 heavy (non-hydrogen) atoms. The van der Waals surface area contributed by atoms with Gasteiger partial charge in [0.25, 0.3) is 0 Å². The highest BCUT2D eigenvalue weighted by Crippen LogP contribution is 2.44. The Morgan fingerprint density at radius 1 is 1.35 bits per heavy atom. The van der Waals surface area contributed by atoms with Gasteiger partial charge in [0.1, 0.15) is 12.1 Å². The lowest BCUT2D eigenvalue weighted by Gasteiger charge is -2.27. The molecule has 0 spiro atoms. The maximum Gasteiger partial charge on any atom is 0.410 e. The van der Waals surface area contributed by atoms with Crippen LogP contribution in [0.25, 0.3) is 11.5 Å². The van der Waals surface area contributed by atoms with Gasteiger partial charge in [-0.1, -0.05) is 6.07 Å². The van der Waals surface area contributed by atoms with Gasteiger partial charge in [0.05, 0.1) is 23.9 Å². The molecule has 0 radical (unpaired) electrons. The number of nitrogens with one attached hydrogen (secondary N) is 2. The molecule has 1 unspecified atom stereocenters. The number of allylic oxidation sites excluding steroid dienone is 1. The summed E-state index contributed by atoms with van der Waals surface area (Å²) in [5.74, 6) is -0.0965. The Bertz CT molecular complexity index is 1240. The summed E-state index contributed by atoms with van der Waals surface area (Å²) in [6.07, 6.45) is 6.74. The number of hydrogen-bond acceptors (Lipinski definition) is 8. The molecule has 4 rings (SSSR count). The van der Waals surface area contributed by atoms with Crippen LogP contribution in [-0.4, -0.2) is 64.1 Å². The number of rotatable bonds is 8. The van der Waals surface area contributed by atoms with E-state index in [-0.39, 0.29) is 30.4 Å². The maximum absolute atomic E-state index is 13.0. The molecule has 2 amide bonds. The molecule has 2 atom stereocenters. The molecule has 1 aromatic heterocycles. The second-order valence-corrected chi connectivity index (χ2v) is 10.3. The fourth-order valence-corrected chi connectivity index (χ4v) is 4.39. The van der Waals surface area contributed by atoms with E-state index in [0.29, 0.717) is 30.0 Å². The molecule has 0 bridgehead atoms. The van der Waals surface area contributed by atoms with Crippen LogP contribution in [0.4, 0.5) is 4.79 Å². The summed E-state index contributed by atoms with van der Waals surface area (Å²) in [4.78, 5) is 27.4. The summed E-state index contributed by atoms with van der Waals surface area (Å²) in [6, 6.07) is 7.01. The first kappa shape index (κ1) is 26.0. The molecule has 1 saturated heterocycles. The minimum absolute atomic E-state index is 0.174. The molecule has 11 heteroatoms. The van der Waals surface area contributed by atoms with Crippen molar-refractivity contribution < 1.29 is 24.1 Å². The van der Waals surface area contributed by atoms with Crippen LogP contribution in [0.3, 0.4) is 0 Å². The monoisotopic (exact) mass is 506 g/mol. The minimum Gasteiger partial charge on any atom is -0.444 e. The van der Waals surface area contributed by atoms with Crippen LogP contribution >= 0.6 is 0 Å². The first-order chi connectivity index (χ1) is 17.7. The summed E-state index contributed by atoms with van der Waals surface area (Å²) in [6.45, 7) is 6.26. The topological polar surface area (TPSA) is 162 Å². The van der Waals surface area contributed by atoms with E-state index in [0.717, 1.165) is 18.4 Å². The van der Waals surface area contributed by atoms with Crippen LogP contribution in [0.1, 0.15) is 67.8 Å². The number of nitrogens with two attached hydrogens (primary N) is 1. The lowest BCUT2D eigenvalue weighted by atomic mass is 10.0. The van der Waals surface area contributed by atoms with Crippen LogP contribution in [0.15, 0.2) is 34.9 Å². The van der Waals surface area contributed by atoms with Crippen LogP contribution in [-0.2, 0) is 4.74 Å². The Kier molecular flexibility index (Phi) is 7.69. The molecular formula is C26H32N7O4+. The van der Waals surface area contributed by atoms with Crippen LogP contribution in [0.5, 0.6) is 0 Å². The minimum atomic E-state index is -0.644. The third-order valence-corrected chi connectivity index (χ3v) is 6.18. The average molecular weight is 507 g/mol. The van der Waals surface area contributed by atoms with Gasteiger partial charge in [0.2, 0.25) is 5.89 Å². The summed E-state index contributed by atoms with van der Waals surface area (Å²) in [5, 5.41) is 29.2. The molecule has 11 nitrogen and oxygen atoms in total. The summed E-state index contributed by atoms with van der Waals surface area (Å²) in [5.41, 5.74) is 1.55. The zero-order valence-corrected chi connectivity index (χ0v) is 21.2. The lowest BCUT2D eigenvalue weighted by molar-refractivity contribution is -0.591. The average Bonchev–Trinajstić information content (AvgIpc) is 3.43. The van der Waals surface area contributed by atoms with Gasteiger partial charge in [-0.25, -0.2) is 4.79 Å². The van der Waals surface area contributed by atoms with Crippen LogP contribution < -0.4 is 10.6 Å². The van der Waals surface area contributed by atoms with Crippen LogP contribution in [0.2, 0.25) is 0 Å². The Balaban J connectivity index is 1.46. The highest BCUT2D eigenvalue weighted by Gasteiger charge is 2.39. The van der Waals surface area contributed by atoms with E-state index in [1.54, 1.807) is 29.3 Å². The number of benzene rings is 1. The molecule has 2 fully saturated rings. The molecule has 1 aliphatic carbocycles. The highest BCUT2D eigenvalue weighted by molar-refractivity contribution is 5.90. The maximum atomic E-state index is 13.0. The zero-order chi connectivity index (χ0) is 26.6. The summed E-state index contributed by atoms with van der Waals surface area (Å²) < 4.78 is 11.3. The Hall–Kier alpha value is -4.04. The molecule has 2 aliphatic rings. The molecule has 2 heterocycles. The zero-order valence-electron chi connectivity index (χ0n) is 21.2. The number of hydrogen-bond donors (Lipinski definition) is 3. The second kappa shape index (κ2) is 10.9. The van der Waals surface area contributed by atoms with Crippen LogP contribution in [0, 0.1) is 16.7 Å². The van der Waals surface area contributed by atoms with E-state index >= 15 is 0 Å². The van der Waals surface area contributed by atoms with Crippen molar-refractivity contribution in [3.63, 3.8) is 0 Å².